The third kappa shape index (κ3) is 3.47. The second kappa shape index (κ2) is 6.35. The Labute approximate surface area is 125 Å². The zero-order chi connectivity index (χ0) is 14.7. The number of nitrogens with one attached hydrogen (secondary N) is 1. The summed E-state index contributed by atoms with van der Waals surface area (Å²) < 4.78 is 5.00. The normalized spacial score (nSPS) is 23.8. The summed E-state index contributed by atoms with van der Waals surface area (Å²) >= 11 is 0. The molecule has 0 saturated carbocycles. The third-order valence-electron chi connectivity index (χ3n) is 4.24. The zero-order valence-electron chi connectivity index (χ0n) is 12.5. The third-order valence-corrected chi connectivity index (χ3v) is 4.24. The van der Waals surface area contributed by atoms with Crippen molar-refractivity contribution in [2.45, 2.75) is 25.3 Å². The number of benzene rings is 1. The molecule has 2 aliphatic rings. The van der Waals surface area contributed by atoms with Gasteiger partial charge in [0.05, 0.1) is 6.54 Å². The van der Waals surface area contributed by atoms with Crippen LogP contribution in [0.1, 0.15) is 19.3 Å². The quantitative estimate of drug-likeness (QED) is 0.929. The topological polar surface area (TPSA) is 44.8 Å². The molecule has 2 aliphatic heterocycles. The Morgan fingerprint density at radius 1 is 1.24 bits per heavy atom. The molecule has 0 radical (unpaired) electrons. The number of amides is 1. The monoisotopic (exact) mass is 289 g/mol. The molecule has 3 rings (SSSR count). The Morgan fingerprint density at radius 2 is 2.14 bits per heavy atom. The molecule has 1 aromatic carbocycles. The first-order valence-corrected chi connectivity index (χ1v) is 7.72. The summed E-state index contributed by atoms with van der Waals surface area (Å²) in [5.74, 6) is 0. The van der Waals surface area contributed by atoms with E-state index < -0.39 is 0 Å². The standard InChI is InChI=1S/C16H23N3O2/c1-18-8-3-5-13(7-9-18)17-14-4-2-6-15(12-14)19-10-11-21-16(19)20/h2,4,6,12-13,17H,3,5,7-11H2,1H3. The van der Waals surface area contributed by atoms with E-state index in [4.69, 9.17) is 4.74 Å². The highest BCUT2D eigenvalue weighted by atomic mass is 16.6. The van der Waals surface area contributed by atoms with Gasteiger partial charge in [-0.1, -0.05) is 6.07 Å². The van der Waals surface area contributed by atoms with E-state index in [0.717, 1.165) is 24.3 Å². The van der Waals surface area contributed by atoms with Gasteiger partial charge in [-0.3, -0.25) is 4.90 Å². The molecule has 114 valence electrons. The molecule has 21 heavy (non-hydrogen) atoms. The van der Waals surface area contributed by atoms with E-state index in [0.29, 0.717) is 19.2 Å². The Balaban J connectivity index is 1.67. The number of carbonyl (C=O) groups is 1. The van der Waals surface area contributed by atoms with Gasteiger partial charge in [-0.15, -0.1) is 0 Å². The van der Waals surface area contributed by atoms with Gasteiger partial charge in [-0.2, -0.15) is 0 Å². The lowest BCUT2D eigenvalue weighted by Gasteiger charge is -2.20. The van der Waals surface area contributed by atoms with Gasteiger partial charge in [0.15, 0.2) is 0 Å². The molecule has 0 aromatic heterocycles. The van der Waals surface area contributed by atoms with Crippen molar-refractivity contribution in [3.63, 3.8) is 0 Å². The number of anilines is 2. The molecule has 2 heterocycles. The van der Waals surface area contributed by atoms with E-state index in [-0.39, 0.29) is 6.09 Å². The molecule has 5 nitrogen and oxygen atoms in total. The minimum atomic E-state index is -0.247. The molecule has 0 spiro atoms. The molecule has 1 amide bonds. The highest BCUT2D eigenvalue weighted by molar-refractivity contribution is 5.89. The van der Waals surface area contributed by atoms with Gasteiger partial charge in [0.1, 0.15) is 6.61 Å². The fourth-order valence-electron chi connectivity index (χ4n) is 3.01. The largest absolute Gasteiger partial charge is 0.447 e. The van der Waals surface area contributed by atoms with Crippen molar-refractivity contribution >= 4 is 17.5 Å². The summed E-state index contributed by atoms with van der Waals surface area (Å²) in [5.41, 5.74) is 2.00. The van der Waals surface area contributed by atoms with Gasteiger partial charge in [0.2, 0.25) is 0 Å². The van der Waals surface area contributed by atoms with E-state index in [1.807, 2.05) is 18.2 Å². The van der Waals surface area contributed by atoms with Gasteiger partial charge >= 0.3 is 6.09 Å². The summed E-state index contributed by atoms with van der Waals surface area (Å²) in [6.45, 7) is 3.43. The Bertz CT molecular complexity index is 506. The van der Waals surface area contributed by atoms with E-state index >= 15 is 0 Å². The summed E-state index contributed by atoms with van der Waals surface area (Å²) in [4.78, 5) is 15.7. The van der Waals surface area contributed by atoms with Crippen molar-refractivity contribution in [1.82, 2.24) is 4.90 Å². The average Bonchev–Trinajstić information content (AvgIpc) is 2.80. The maximum absolute atomic E-state index is 11.6. The highest BCUT2D eigenvalue weighted by Gasteiger charge is 2.23. The van der Waals surface area contributed by atoms with Gasteiger partial charge in [-0.05, 0) is 57.6 Å². The molecule has 2 saturated heterocycles. The number of hydrogen-bond donors (Lipinski definition) is 1. The Morgan fingerprint density at radius 3 is 2.95 bits per heavy atom. The molecular weight excluding hydrogens is 266 g/mol. The van der Waals surface area contributed by atoms with Crippen LogP contribution in [0.15, 0.2) is 24.3 Å². The van der Waals surface area contributed by atoms with Gasteiger partial charge < -0.3 is 15.0 Å². The van der Waals surface area contributed by atoms with Crippen molar-refractivity contribution in [3.8, 4) is 0 Å². The lowest BCUT2D eigenvalue weighted by atomic mass is 10.1. The second-order valence-corrected chi connectivity index (χ2v) is 5.89. The summed E-state index contributed by atoms with van der Waals surface area (Å²) in [6.07, 6.45) is 3.34. The van der Waals surface area contributed by atoms with Crippen LogP contribution >= 0.6 is 0 Å². The predicted molar refractivity (Wildman–Crippen MR) is 83.9 cm³/mol. The molecule has 2 fully saturated rings. The molecule has 1 atom stereocenters. The van der Waals surface area contributed by atoms with Crippen LogP contribution in [-0.2, 0) is 4.74 Å². The summed E-state index contributed by atoms with van der Waals surface area (Å²) in [5, 5.41) is 3.61. The number of rotatable bonds is 3. The summed E-state index contributed by atoms with van der Waals surface area (Å²) in [7, 11) is 2.18. The van der Waals surface area contributed by atoms with Crippen molar-refractivity contribution in [2.24, 2.45) is 0 Å². The van der Waals surface area contributed by atoms with Crippen molar-refractivity contribution in [2.75, 3.05) is 43.5 Å². The smallest absolute Gasteiger partial charge is 0.414 e. The second-order valence-electron chi connectivity index (χ2n) is 5.89. The first kappa shape index (κ1) is 14.2. The average molecular weight is 289 g/mol. The van der Waals surface area contributed by atoms with E-state index in [9.17, 15) is 4.79 Å². The Hall–Kier alpha value is -1.75. The first-order valence-electron chi connectivity index (χ1n) is 7.72. The number of nitrogens with zero attached hydrogens (tertiary/aromatic N) is 2. The maximum Gasteiger partial charge on any atom is 0.414 e. The van der Waals surface area contributed by atoms with Crippen LogP contribution in [0.25, 0.3) is 0 Å². The molecule has 0 aliphatic carbocycles. The highest BCUT2D eigenvalue weighted by Crippen LogP contribution is 2.24. The predicted octanol–water partition coefficient (Wildman–Crippen LogP) is 2.54. The molecular formula is C16H23N3O2. The van der Waals surface area contributed by atoms with Crippen LogP contribution in [0.3, 0.4) is 0 Å². The molecule has 0 bridgehead atoms. The van der Waals surface area contributed by atoms with Crippen molar-refractivity contribution < 1.29 is 9.53 Å². The van der Waals surface area contributed by atoms with Gasteiger partial charge in [0.25, 0.3) is 0 Å². The number of ether oxygens (including phenoxy) is 1. The van der Waals surface area contributed by atoms with Crippen LogP contribution in [0.5, 0.6) is 0 Å². The van der Waals surface area contributed by atoms with Crippen LogP contribution in [-0.4, -0.2) is 50.3 Å². The molecule has 1 aromatic rings. The number of cyclic esters (lactones) is 1. The molecule has 1 N–H and O–H groups in total. The van der Waals surface area contributed by atoms with Crippen LogP contribution in [0, 0.1) is 0 Å². The zero-order valence-corrected chi connectivity index (χ0v) is 12.5. The van der Waals surface area contributed by atoms with Gasteiger partial charge in [-0.25, -0.2) is 4.79 Å². The minimum Gasteiger partial charge on any atom is -0.447 e. The van der Waals surface area contributed by atoms with Crippen LogP contribution in [0.2, 0.25) is 0 Å². The lowest BCUT2D eigenvalue weighted by molar-refractivity contribution is 0.181. The fraction of sp³-hybridized carbons (Fsp3) is 0.562. The first-order chi connectivity index (χ1) is 10.2. The minimum absolute atomic E-state index is 0.247. The van der Waals surface area contributed by atoms with Gasteiger partial charge in [0, 0.05) is 17.4 Å². The van der Waals surface area contributed by atoms with E-state index in [2.05, 4.69) is 23.3 Å². The van der Waals surface area contributed by atoms with E-state index in [1.54, 1.807) is 4.90 Å². The van der Waals surface area contributed by atoms with Crippen molar-refractivity contribution in [3.05, 3.63) is 24.3 Å². The van der Waals surface area contributed by atoms with E-state index in [1.165, 1.54) is 19.4 Å². The number of likely N-dealkylation sites (tertiary alicyclic amines) is 1. The maximum atomic E-state index is 11.6. The SMILES string of the molecule is CN1CCCC(Nc2cccc(N3CCOC3=O)c2)CC1. The van der Waals surface area contributed by atoms with Crippen LogP contribution < -0.4 is 10.2 Å². The number of hydrogen-bond acceptors (Lipinski definition) is 4. The Kier molecular flexibility index (Phi) is 4.29. The van der Waals surface area contributed by atoms with Crippen LogP contribution in [0.4, 0.5) is 16.2 Å². The summed E-state index contributed by atoms with van der Waals surface area (Å²) in [6, 6.07) is 8.57. The molecule has 1 unspecified atom stereocenters. The lowest BCUT2D eigenvalue weighted by Crippen LogP contribution is -2.24. The molecule has 5 heteroatoms. The van der Waals surface area contributed by atoms with Crippen molar-refractivity contribution in [1.29, 1.82) is 0 Å². The fourth-order valence-corrected chi connectivity index (χ4v) is 3.01. The number of carbonyl (C=O) groups excluding carboxylic acids is 1.